The van der Waals surface area contributed by atoms with E-state index in [9.17, 15) is 9.90 Å². The first-order valence-corrected chi connectivity index (χ1v) is 9.50. The Kier molecular flexibility index (Phi) is 6.35. The van der Waals surface area contributed by atoms with Gasteiger partial charge in [-0.05, 0) is 50.1 Å². The summed E-state index contributed by atoms with van der Waals surface area (Å²) in [4.78, 5) is 14.1. The summed E-state index contributed by atoms with van der Waals surface area (Å²) in [5.41, 5.74) is 2.04. The molecule has 0 aromatic heterocycles. The fourth-order valence-electron chi connectivity index (χ4n) is 3.86. The van der Waals surface area contributed by atoms with Crippen molar-refractivity contribution in [1.29, 1.82) is 0 Å². The van der Waals surface area contributed by atoms with Crippen LogP contribution in [0, 0.1) is 0 Å². The Morgan fingerprint density at radius 3 is 2.59 bits per heavy atom. The van der Waals surface area contributed by atoms with E-state index < -0.39 is 12.0 Å². The molecule has 1 heterocycles. The zero-order chi connectivity index (χ0) is 19.2. The van der Waals surface area contributed by atoms with E-state index in [1.165, 1.54) is 0 Å². The fourth-order valence-corrected chi connectivity index (χ4v) is 3.86. The number of piperidine rings is 1. The number of nitrogens with zero attached hydrogens (tertiary/aromatic N) is 1. The van der Waals surface area contributed by atoms with Crippen LogP contribution in [0.3, 0.4) is 0 Å². The van der Waals surface area contributed by atoms with Gasteiger partial charge in [-0.15, -0.1) is 0 Å². The highest BCUT2D eigenvalue weighted by Gasteiger charge is 2.36. The number of carboxylic acids is 1. The van der Waals surface area contributed by atoms with Gasteiger partial charge in [0.05, 0.1) is 19.8 Å². The highest BCUT2D eigenvalue weighted by Crippen LogP contribution is 2.38. The van der Waals surface area contributed by atoms with Gasteiger partial charge in [0.1, 0.15) is 17.5 Å². The smallest absolute Gasteiger partial charge is 0.320 e. The summed E-state index contributed by atoms with van der Waals surface area (Å²) in [7, 11) is 1.64. The second-order valence-corrected chi connectivity index (χ2v) is 6.73. The van der Waals surface area contributed by atoms with Crippen LogP contribution in [-0.2, 0) is 4.79 Å². The third kappa shape index (κ3) is 4.25. The number of aliphatic carboxylic acids is 1. The van der Waals surface area contributed by atoms with Crippen LogP contribution in [0.5, 0.6) is 11.5 Å². The van der Waals surface area contributed by atoms with Crippen LogP contribution >= 0.6 is 0 Å². The fraction of sp³-hybridized carbons (Fsp3) is 0.409. The van der Waals surface area contributed by atoms with Gasteiger partial charge in [-0.1, -0.05) is 36.8 Å². The van der Waals surface area contributed by atoms with Crippen molar-refractivity contribution in [3.8, 4) is 11.5 Å². The molecule has 1 aliphatic rings. The molecule has 3 rings (SSSR count). The van der Waals surface area contributed by atoms with E-state index in [0.717, 1.165) is 42.0 Å². The van der Waals surface area contributed by atoms with Crippen molar-refractivity contribution < 1.29 is 19.4 Å². The lowest BCUT2D eigenvalue weighted by Crippen LogP contribution is -2.46. The number of para-hydroxylation sites is 1. The van der Waals surface area contributed by atoms with Gasteiger partial charge in [0.2, 0.25) is 0 Å². The van der Waals surface area contributed by atoms with Crippen LogP contribution in [0.15, 0.2) is 48.5 Å². The molecule has 144 valence electrons. The SMILES string of the molecule is CCOc1ccccc1C(c1ccc(OC)cc1)N1CCCCC1C(=O)O. The Hall–Kier alpha value is -2.53. The Balaban J connectivity index is 2.09. The van der Waals surface area contributed by atoms with Crippen LogP contribution in [0.25, 0.3) is 0 Å². The molecule has 0 spiro atoms. The number of rotatable bonds is 7. The maximum absolute atomic E-state index is 12.0. The lowest BCUT2D eigenvalue weighted by atomic mass is 9.91. The summed E-state index contributed by atoms with van der Waals surface area (Å²) < 4.78 is 11.2. The summed E-state index contributed by atoms with van der Waals surface area (Å²) >= 11 is 0. The molecule has 2 aromatic rings. The first-order valence-electron chi connectivity index (χ1n) is 9.50. The summed E-state index contributed by atoms with van der Waals surface area (Å²) in [5.74, 6) is 0.821. The van der Waals surface area contributed by atoms with E-state index in [0.29, 0.717) is 13.0 Å². The molecule has 1 aliphatic heterocycles. The summed E-state index contributed by atoms with van der Waals surface area (Å²) in [6.45, 7) is 3.27. The van der Waals surface area contributed by atoms with Gasteiger partial charge >= 0.3 is 5.97 Å². The van der Waals surface area contributed by atoms with Crippen molar-refractivity contribution in [2.75, 3.05) is 20.3 Å². The third-order valence-corrected chi connectivity index (χ3v) is 5.11. The van der Waals surface area contributed by atoms with E-state index in [1.807, 2.05) is 55.5 Å². The van der Waals surface area contributed by atoms with Gasteiger partial charge in [0.15, 0.2) is 0 Å². The molecule has 0 radical (unpaired) electrons. The molecule has 27 heavy (non-hydrogen) atoms. The van der Waals surface area contributed by atoms with Crippen molar-refractivity contribution in [1.82, 2.24) is 4.90 Å². The predicted octanol–water partition coefficient (Wildman–Crippen LogP) is 4.12. The molecule has 2 atom stereocenters. The zero-order valence-electron chi connectivity index (χ0n) is 15.9. The van der Waals surface area contributed by atoms with Crippen LogP contribution in [0.1, 0.15) is 43.4 Å². The molecule has 0 amide bonds. The second-order valence-electron chi connectivity index (χ2n) is 6.73. The molecular formula is C22H27NO4. The van der Waals surface area contributed by atoms with Crippen molar-refractivity contribution in [3.63, 3.8) is 0 Å². The molecule has 1 fully saturated rings. The average Bonchev–Trinajstić information content (AvgIpc) is 2.70. The van der Waals surface area contributed by atoms with Crippen molar-refractivity contribution >= 4 is 5.97 Å². The number of hydrogen-bond acceptors (Lipinski definition) is 4. The Morgan fingerprint density at radius 2 is 1.93 bits per heavy atom. The van der Waals surface area contributed by atoms with Gasteiger partial charge < -0.3 is 14.6 Å². The maximum Gasteiger partial charge on any atom is 0.320 e. The standard InChI is InChI=1S/C22H27NO4/c1-3-27-20-10-5-4-8-18(20)21(16-11-13-17(26-2)14-12-16)23-15-7-6-9-19(23)22(24)25/h4-5,8,10-14,19,21H,3,6-7,9,15H2,1-2H3,(H,24,25). The number of hydrogen-bond donors (Lipinski definition) is 1. The molecular weight excluding hydrogens is 342 g/mol. The van der Waals surface area contributed by atoms with Crippen LogP contribution in [0.4, 0.5) is 0 Å². The molecule has 5 nitrogen and oxygen atoms in total. The minimum Gasteiger partial charge on any atom is -0.497 e. The monoisotopic (exact) mass is 369 g/mol. The number of carbonyl (C=O) groups is 1. The quantitative estimate of drug-likeness (QED) is 0.795. The number of carboxylic acid groups (broad SMARTS) is 1. The maximum atomic E-state index is 12.0. The predicted molar refractivity (Wildman–Crippen MR) is 104 cm³/mol. The van der Waals surface area contributed by atoms with Crippen LogP contribution < -0.4 is 9.47 Å². The molecule has 1 saturated heterocycles. The Bertz CT molecular complexity index is 759. The summed E-state index contributed by atoms with van der Waals surface area (Å²) in [6.07, 6.45) is 2.60. The van der Waals surface area contributed by atoms with Gasteiger partial charge in [0.25, 0.3) is 0 Å². The largest absolute Gasteiger partial charge is 0.497 e. The molecule has 5 heteroatoms. The van der Waals surface area contributed by atoms with E-state index in [1.54, 1.807) is 7.11 Å². The summed E-state index contributed by atoms with van der Waals surface area (Å²) in [5, 5.41) is 9.81. The Labute approximate surface area is 160 Å². The number of benzene rings is 2. The summed E-state index contributed by atoms with van der Waals surface area (Å²) in [6, 6.07) is 15.1. The van der Waals surface area contributed by atoms with Crippen molar-refractivity contribution in [2.24, 2.45) is 0 Å². The lowest BCUT2D eigenvalue weighted by molar-refractivity contribution is -0.145. The van der Waals surface area contributed by atoms with Gasteiger partial charge in [-0.2, -0.15) is 0 Å². The van der Waals surface area contributed by atoms with Crippen molar-refractivity contribution in [2.45, 2.75) is 38.3 Å². The highest BCUT2D eigenvalue weighted by atomic mass is 16.5. The molecule has 0 saturated carbocycles. The average molecular weight is 369 g/mol. The molecule has 0 aliphatic carbocycles. The van der Waals surface area contributed by atoms with Gasteiger partial charge in [-0.25, -0.2) is 0 Å². The van der Waals surface area contributed by atoms with Gasteiger partial charge in [-0.3, -0.25) is 9.69 Å². The second kappa shape index (κ2) is 8.91. The lowest BCUT2D eigenvalue weighted by Gasteiger charge is -2.40. The Morgan fingerprint density at radius 1 is 1.19 bits per heavy atom. The minimum absolute atomic E-state index is 0.181. The van der Waals surface area contributed by atoms with Crippen molar-refractivity contribution in [3.05, 3.63) is 59.7 Å². The number of ether oxygens (including phenoxy) is 2. The molecule has 2 aromatic carbocycles. The van der Waals surface area contributed by atoms with Gasteiger partial charge in [0, 0.05) is 5.56 Å². The molecule has 2 unspecified atom stereocenters. The molecule has 1 N–H and O–H groups in total. The van der Waals surface area contributed by atoms with E-state index in [2.05, 4.69) is 4.90 Å². The van der Waals surface area contributed by atoms with Crippen LogP contribution in [-0.4, -0.2) is 42.3 Å². The van der Waals surface area contributed by atoms with E-state index >= 15 is 0 Å². The molecule has 0 bridgehead atoms. The third-order valence-electron chi connectivity index (χ3n) is 5.11. The highest BCUT2D eigenvalue weighted by molar-refractivity contribution is 5.73. The number of likely N-dealkylation sites (tertiary alicyclic amines) is 1. The van der Waals surface area contributed by atoms with E-state index in [4.69, 9.17) is 9.47 Å². The number of methoxy groups -OCH3 is 1. The zero-order valence-corrected chi connectivity index (χ0v) is 15.9. The first-order chi connectivity index (χ1) is 13.2. The first kappa shape index (κ1) is 19.2. The topological polar surface area (TPSA) is 59.0 Å². The van der Waals surface area contributed by atoms with Crippen LogP contribution in [0.2, 0.25) is 0 Å². The van der Waals surface area contributed by atoms with E-state index in [-0.39, 0.29) is 6.04 Å². The normalized spacial score (nSPS) is 18.7. The minimum atomic E-state index is -0.762.